The van der Waals surface area contributed by atoms with Gasteiger partial charge in [0.1, 0.15) is 0 Å². The normalized spacial score (nSPS) is 37.5. The lowest BCUT2D eigenvalue weighted by atomic mass is 9.85. The molecule has 2 aliphatic rings. The van der Waals surface area contributed by atoms with Gasteiger partial charge in [0.25, 0.3) is 0 Å². The smallest absolute Gasteiger partial charge is 0.0757 e. The third kappa shape index (κ3) is 2.76. The Balaban J connectivity index is 1.97. The van der Waals surface area contributed by atoms with E-state index in [0.717, 1.165) is 26.4 Å². The number of rotatable bonds is 4. The average molecular weight is 227 g/mol. The Labute approximate surface area is 98.9 Å². The highest BCUT2D eigenvalue weighted by Crippen LogP contribution is 2.29. The minimum atomic E-state index is 0.395. The molecule has 0 aromatic heterocycles. The quantitative estimate of drug-likeness (QED) is 0.794. The lowest BCUT2D eigenvalue weighted by molar-refractivity contribution is -0.0117. The molecule has 4 unspecified atom stereocenters. The second-order valence-electron chi connectivity index (χ2n) is 5.16. The minimum absolute atomic E-state index is 0.395. The van der Waals surface area contributed by atoms with Crippen molar-refractivity contribution in [2.24, 2.45) is 11.8 Å². The van der Waals surface area contributed by atoms with E-state index in [0.29, 0.717) is 24.0 Å². The summed E-state index contributed by atoms with van der Waals surface area (Å²) >= 11 is 0. The number of likely N-dealkylation sites (N-methyl/N-ethyl adjacent to an activating group) is 1. The molecule has 2 saturated heterocycles. The van der Waals surface area contributed by atoms with Crippen molar-refractivity contribution in [3.63, 3.8) is 0 Å². The summed E-state index contributed by atoms with van der Waals surface area (Å²) in [5.74, 6) is 1.32. The number of hydrogen-bond donors (Lipinski definition) is 1. The molecule has 0 amide bonds. The van der Waals surface area contributed by atoms with Gasteiger partial charge in [-0.25, -0.2) is 0 Å². The average Bonchev–Trinajstić information content (AvgIpc) is 2.73. The molecule has 94 valence electrons. The van der Waals surface area contributed by atoms with Gasteiger partial charge < -0.3 is 14.8 Å². The highest BCUT2D eigenvalue weighted by atomic mass is 16.5. The first-order valence-corrected chi connectivity index (χ1v) is 6.75. The van der Waals surface area contributed by atoms with Gasteiger partial charge >= 0.3 is 0 Å². The molecular formula is C13H25NO2. The van der Waals surface area contributed by atoms with Gasteiger partial charge in [-0.3, -0.25) is 0 Å². The molecule has 2 aliphatic heterocycles. The largest absolute Gasteiger partial charge is 0.381 e. The fraction of sp³-hybridized carbons (Fsp3) is 1.00. The molecule has 1 N–H and O–H groups in total. The van der Waals surface area contributed by atoms with Crippen LogP contribution in [0.1, 0.15) is 33.1 Å². The first-order valence-electron chi connectivity index (χ1n) is 6.75. The van der Waals surface area contributed by atoms with Crippen molar-refractivity contribution in [2.45, 2.75) is 45.3 Å². The number of nitrogens with one attached hydrogen (secondary N) is 1. The van der Waals surface area contributed by atoms with E-state index in [1.165, 1.54) is 19.3 Å². The zero-order valence-electron chi connectivity index (χ0n) is 10.6. The molecule has 2 fully saturated rings. The van der Waals surface area contributed by atoms with E-state index in [2.05, 4.69) is 19.2 Å². The summed E-state index contributed by atoms with van der Waals surface area (Å²) in [6.07, 6.45) is 4.09. The van der Waals surface area contributed by atoms with E-state index in [1.807, 2.05) is 0 Å². The highest BCUT2D eigenvalue weighted by Gasteiger charge is 2.36. The number of ether oxygens (including phenoxy) is 2. The second kappa shape index (κ2) is 5.99. The Morgan fingerprint density at radius 3 is 2.75 bits per heavy atom. The van der Waals surface area contributed by atoms with Crippen LogP contribution in [0.2, 0.25) is 0 Å². The molecule has 3 nitrogen and oxygen atoms in total. The second-order valence-corrected chi connectivity index (χ2v) is 5.16. The summed E-state index contributed by atoms with van der Waals surface area (Å²) in [4.78, 5) is 0. The molecule has 0 bridgehead atoms. The van der Waals surface area contributed by atoms with Gasteiger partial charge in [0.2, 0.25) is 0 Å². The molecule has 0 saturated carbocycles. The molecule has 2 heterocycles. The first-order chi connectivity index (χ1) is 7.83. The van der Waals surface area contributed by atoms with E-state index in [1.54, 1.807) is 0 Å². The summed E-state index contributed by atoms with van der Waals surface area (Å²) in [5.41, 5.74) is 0. The van der Waals surface area contributed by atoms with Crippen LogP contribution in [0, 0.1) is 11.8 Å². The van der Waals surface area contributed by atoms with Gasteiger partial charge in [0.15, 0.2) is 0 Å². The van der Waals surface area contributed by atoms with E-state index >= 15 is 0 Å². The molecule has 0 aromatic rings. The van der Waals surface area contributed by atoms with Gasteiger partial charge in [0, 0.05) is 25.2 Å². The van der Waals surface area contributed by atoms with Crippen LogP contribution in [-0.2, 0) is 9.47 Å². The van der Waals surface area contributed by atoms with Crippen molar-refractivity contribution in [3.05, 3.63) is 0 Å². The van der Waals surface area contributed by atoms with Gasteiger partial charge in [-0.15, -0.1) is 0 Å². The maximum absolute atomic E-state index is 5.92. The van der Waals surface area contributed by atoms with Crippen molar-refractivity contribution >= 4 is 0 Å². The van der Waals surface area contributed by atoms with E-state index in [4.69, 9.17) is 9.47 Å². The molecule has 16 heavy (non-hydrogen) atoms. The van der Waals surface area contributed by atoms with Crippen molar-refractivity contribution in [1.29, 1.82) is 0 Å². The van der Waals surface area contributed by atoms with Crippen molar-refractivity contribution in [2.75, 3.05) is 26.4 Å². The van der Waals surface area contributed by atoms with Crippen molar-refractivity contribution in [3.8, 4) is 0 Å². The molecule has 0 radical (unpaired) electrons. The van der Waals surface area contributed by atoms with Crippen LogP contribution in [0.4, 0.5) is 0 Å². The predicted octanol–water partition coefficient (Wildman–Crippen LogP) is 1.82. The topological polar surface area (TPSA) is 30.5 Å². The lowest BCUT2D eigenvalue weighted by Crippen LogP contribution is -2.49. The predicted molar refractivity (Wildman–Crippen MR) is 64.5 cm³/mol. The Bertz CT molecular complexity index is 204. The summed E-state index contributed by atoms with van der Waals surface area (Å²) in [5, 5.41) is 3.62. The Morgan fingerprint density at radius 2 is 2.19 bits per heavy atom. The molecule has 0 spiro atoms. The molecule has 0 aliphatic carbocycles. The van der Waals surface area contributed by atoms with Crippen LogP contribution in [0.15, 0.2) is 0 Å². The van der Waals surface area contributed by atoms with Gasteiger partial charge in [0.05, 0.1) is 12.7 Å². The maximum Gasteiger partial charge on any atom is 0.0757 e. The molecule has 4 atom stereocenters. The van der Waals surface area contributed by atoms with E-state index < -0.39 is 0 Å². The van der Waals surface area contributed by atoms with Crippen molar-refractivity contribution in [1.82, 2.24) is 5.32 Å². The lowest BCUT2D eigenvalue weighted by Gasteiger charge is -2.35. The van der Waals surface area contributed by atoms with Crippen LogP contribution in [0.5, 0.6) is 0 Å². The van der Waals surface area contributed by atoms with Crippen molar-refractivity contribution < 1.29 is 9.47 Å². The monoisotopic (exact) mass is 227 g/mol. The summed E-state index contributed by atoms with van der Waals surface area (Å²) in [6.45, 7) is 8.29. The third-order valence-corrected chi connectivity index (χ3v) is 3.94. The maximum atomic E-state index is 5.92. The first kappa shape index (κ1) is 12.3. The Hall–Kier alpha value is -0.120. The zero-order chi connectivity index (χ0) is 11.4. The highest BCUT2D eigenvalue weighted by molar-refractivity contribution is 4.90. The summed E-state index contributed by atoms with van der Waals surface area (Å²) < 4.78 is 11.5. The van der Waals surface area contributed by atoms with E-state index in [9.17, 15) is 0 Å². The third-order valence-electron chi connectivity index (χ3n) is 3.94. The minimum Gasteiger partial charge on any atom is -0.381 e. The molecule has 2 rings (SSSR count). The molecule has 0 aromatic carbocycles. The van der Waals surface area contributed by atoms with Crippen LogP contribution < -0.4 is 5.32 Å². The van der Waals surface area contributed by atoms with Crippen LogP contribution in [0.3, 0.4) is 0 Å². The fourth-order valence-electron chi connectivity index (χ4n) is 3.01. The van der Waals surface area contributed by atoms with Crippen LogP contribution in [0.25, 0.3) is 0 Å². The van der Waals surface area contributed by atoms with Gasteiger partial charge in [-0.2, -0.15) is 0 Å². The van der Waals surface area contributed by atoms with E-state index in [-0.39, 0.29) is 0 Å². The summed E-state index contributed by atoms with van der Waals surface area (Å²) in [7, 11) is 0. The molecule has 3 heteroatoms. The van der Waals surface area contributed by atoms with Crippen LogP contribution in [-0.4, -0.2) is 38.5 Å². The van der Waals surface area contributed by atoms with Gasteiger partial charge in [-0.05, 0) is 31.7 Å². The summed E-state index contributed by atoms with van der Waals surface area (Å²) in [6, 6.07) is 0.489. The Kier molecular flexibility index (Phi) is 4.62. The zero-order valence-corrected chi connectivity index (χ0v) is 10.6. The standard InChI is InChI=1S/C13H25NO2/c1-3-14-12(11-5-4-7-15-9-11)13-10(2)6-8-16-13/h10-14H,3-9H2,1-2H3. The molecular weight excluding hydrogens is 202 g/mol. The SMILES string of the molecule is CCNC(C1CCCOC1)C1OCCC1C. The number of hydrogen-bond acceptors (Lipinski definition) is 3. The van der Waals surface area contributed by atoms with Gasteiger partial charge in [-0.1, -0.05) is 13.8 Å². The fourth-order valence-corrected chi connectivity index (χ4v) is 3.01. The Morgan fingerprint density at radius 1 is 1.31 bits per heavy atom. The van der Waals surface area contributed by atoms with Crippen LogP contribution >= 0.6 is 0 Å².